The molecule has 0 amide bonds. The average molecular weight is 243 g/mol. The first-order valence-electron chi connectivity index (χ1n) is 6.18. The van der Waals surface area contributed by atoms with Gasteiger partial charge in [-0.15, -0.1) is 0 Å². The number of hydrogen-bond donors (Lipinski definition) is 0. The van der Waals surface area contributed by atoms with Gasteiger partial charge in [-0.3, -0.25) is 0 Å². The van der Waals surface area contributed by atoms with E-state index >= 15 is 0 Å². The van der Waals surface area contributed by atoms with Gasteiger partial charge in [0, 0.05) is 37.5 Å². The molecule has 1 nitrogen and oxygen atoms in total. The van der Waals surface area contributed by atoms with Gasteiger partial charge >= 0.3 is 0 Å². The summed E-state index contributed by atoms with van der Waals surface area (Å²) >= 11 is 0. The largest absolute Gasteiger partial charge is 0.870 e. The van der Waals surface area contributed by atoms with E-state index in [0.29, 0.717) is 0 Å². The first kappa shape index (κ1) is 21.7. The molecule has 0 atom stereocenters. The van der Waals surface area contributed by atoms with Gasteiger partial charge in [0.1, 0.15) is 0 Å². The first-order valence-corrected chi connectivity index (χ1v) is 8.30. The predicted molar refractivity (Wildman–Crippen MR) is 75.3 cm³/mol. The maximum atomic E-state index is 2.32. The van der Waals surface area contributed by atoms with Crippen molar-refractivity contribution in [3.05, 3.63) is 0 Å². The van der Waals surface area contributed by atoms with Crippen LogP contribution in [0.25, 0.3) is 0 Å². The van der Waals surface area contributed by atoms with Crippen LogP contribution >= 0.6 is 7.92 Å². The SMILES string of the molecule is CCCC[PH+](CCCC)CCCC.[Na].[OH-]. The molecule has 0 rings (SSSR count). The summed E-state index contributed by atoms with van der Waals surface area (Å²) in [5.74, 6) is 0. The Balaban J connectivity index is -0.000000720. The van der Waals surface area contributed by atoms with Crippen molar-refractivity contribution < 1.29 is 5.48 Å². The Morgan fingerprint density at radius 2 is 0.933 bits per heavy atom. The van der Waals surface area contributed by atoms with E-state index in [9.17, 15) is 0 Å². The molecule has 15 heavy (non-hydrogen) atoms. The summed E-state index contributed by atoms with van der Waals surface area (Å²) in [5.41, 5.74) is 0. The molecule has 0 aromatic heterocycles. The van der Waals surface area contributed by atoms with E-state index in [2.05, 4.69) is 20.8 Å². The van der Waals surface area contributed by atoms with Gasteiger partial charge in [0.25, 0.3) is 0 Å². The summed E-state index contributed by atoms with van der Waals surface area (Å²) in [6, 6.07) is 0. The molecule has 89 valence electrons. The fraction of sp³-hybridized carbons (Fsp3) is 1.00. The van der Waals surface area contributed by atoms with E-state index in [0.717, 1.165) is 0 Å². The van der Waals surface area contributed by atoms with Crippen molar-refractivity contribution in [3.8, 4) is 0 Å². The minimum absolute atomic E-state index is 0. The van der Waals surface area contributed by atoms with Crippen LogP contribution in [-0.4, -0.2) is 53.5 Å². The van der Waals surface area contributed by atoms with E-state index in [1.54, 1.807) is 18.5 Å². The second kappa shape index (κ2) is 17.8. The Bertz CT molecular complexity index is 82.6. The van der Waals surface area contributed by atoms with Crippen LogP contribution in [0.15, 0.2) is 0 Å². The Labute approximate surface area is 120 Å². The molecule has 0 aromatic carbocycles. The maximum absolute atomic E-state index is 2.32. The zero-order valence-corrected chi connectivity index (χ0v) is 14.3. The van der Waals surface area contributed by atoms with Crippen LogP contribution in [0.4, 0.5) is 0 Å². The van der Waals surface area contributed by atoms with Crippen molar-refractivity contribution in [2.75, 3.05) is 18.5 Å². The molecule has 0 fully saturated rings. The van der Waals surface area contributed by atoms with E-state index in [1.807, 2.05) is 0 Å². The Kier molecular flexibility index (Phi) is 25.7. The molecule has 0 saturated heterocycles. The normalized spacial score (nSPS) is 9.60. The van der Waals surface area contributed by atoms with Crippen molar-refractivity contribution in [3.63, 3.8) is 0 Å². The van der Waals surface area contributed by atoms with Crippen LogP contribution in [0.2, 0.25) is 0 Å². The molecule has 0 aliphatic rings. The molecule has 0 aliphatic carbocycles. The van der Waals surface area contributed by atoms with Gasteiger partial charge in [0.2, 0.25) is 0 Å². The minimum atomic E-state index is 0. The van der Waals surface area contributed by atoms with E-state index in [4.69, 9.17) is 0 Å². The molecule has 0 bridgehead atoms. The monoisotopic (exact) mass is 243 g/mol. The Morgan fingerprint density at radius 1 is 0.667 bits per heavy atom. The number of unbranched alkanes of at least 4 members (excludes halogenated alkanes) is 3. The van der Waals surface area contributed by atoms with Crippen LogP contribution in [0.3, 0.4) is 0 Å². The second-order valence-electron chi connectivity index (χ2n) is 4.06. The summed E-state index contributed by atoms with van der Waals surface area (Å²) < 4.78 is 0. The number of hydrogen-bond acceptors (Lipinski definition) is 1. The van der Waals surface area contributed by atoms with Crippen LogP contribution in [0.1, 0.15) is 59.3 Å². The molecule has 0 unspecified atom stereocenters. The smallest absolute Gasteiger partial charge is 0.0571 e. The third kappa shape index (κ3) is 15.4. The van der Waals surface area contributed by atoms with Gasteiger partial charge < -0.3 is 5.48 Å². The molecule has 0 aromatic rings. The van der Waals surface area contributed by atoms with Crippen molar-refractivity contribution in [2.45, 2.75) is 59.3 Å². The first-order chi connectivity index (χ1) is 6.35. The minimum Gasteiger partial charge on any atom is -0.870 e. The molecule has 3 heteroatoms. The summed E-state index contributed by atoms with van der Waals surface area (Å²) in [6.45, 7) is 6.96. The van der Waals surface area contributed by atoms with E-state index in [-0.39, 0.29) is 43.0 Å². The third-order valence-corrected chi connectivity index (χ3v) is 5.83. The number of rotatable bonds is 9. The Hall–Kier alpha value is 1.39. The van der Waals surface area contributed by atoms with E-state index < -0.39 is 0 Å². The van der Waals surface area contributed by atoms with Gasteiger partial charge in [0.05, 0.1) is 18.5 Å². The van der Waals surface area contributed by atoms with Crippen LogP contribution in [-0.2, 0) is 0 Å². The molecule has 1 N–H and O–H groups in total. The van der Waals surface area contributed by atoms with Gasteiger partial charge in [-0.25, -0.2) is 0 Å². The Morgan fingerprint density at radius 3 is 1.13 bits per heavy atom. The zero-order valence-electron chi connectivity index (χ0n) is 11.3. The quantitative estimate of drug-likeness (QED) is 0.444. The fourth-order valence-corrected chi connectivity index (χ4v) is 4.97. The third-order valence-electron chi connectivity index (χ3n) is 2.65. The van der Waals surface area contributed by atoms with Gasteiger partial charge in [0.15, 0.2) is 0 Å². The molecule has 0 heterocycles. The molecule has 0 saturated carbocycles. The summed E-state index contributed by atoms with van der Waals surface area (Å²) in [4.78, 5) is 0. The van der Waals surface area contributed by atoms with Crippen LogP contribution in [0.5, 0.6) is 0 Å². The fourth-order valence-electron chi connectivity index (χ4n) is 1.66. The van der Waals surface area contributed by atoms with E-state index in [1.165, 1.54) is 38.5 Å². The summed E-state index contributed by atoms with van der Waals surface area (Å²) in [7, 11) is 0.0675. The van der Waals surface area contributed by atoms with Crippen LogP contribution < -0.4 is 0 Å². The predicted octanol–water partition coefficient (Wildman–Crippen LogP) is 4.04. The molecular weight excluding hydrogens is 214 g/mol. The van der Waals surface area contributed by atoms with Crippen molar-refractivity contribution in [1.29, 1.82) is 0 Å². The molecular formula is C12H29NaOP. The maximum Gasteiger partial charge on any atom is 0.0571 e. The summed E-state index contributed by atoms with van der Waals surface area (Å²) in [6.07, 6.45) is 13.4. The molecule has 0 spiro atoms. The topological polar surface area (TPSA) is 30.0 Å². The van der Waals surface area contributed by atoms with Crippen LogP contribution in [0, 0.1) is 0 Å². The molecule has 0 aliphatic heterocycles. The summed E-state index contributed by atoms with van der Waals surface area (Å²) in [5, 5.41) is 0. The second-order valence-corrected chi connectivity index (χ2v) is 7.06. The standard InChI is InChI=1S/C12H27P.Na.H2O/c1-4-7-10-13(11-8-5-2)12-9-6-3;;/h4-12H2,1-3H3;;1H2. The van der Waals surface area contributed by atoms with Gasteiger partial charge in [-0.05, 0) is 19.3 Å². The van der Waals surface area contributed by atoms with Crippen molar-refractivity contribution >= 4 is 37.5 Å². The van der Waals surface area contributed by atoms with Crippen molar-refractivity contribution in [1.82, 2.24) is 0 Å². The van der Waals surface area contributed by atoms with Gasteiger partial charge in [-0.2, -0.15) is 0 Å². The zero-order chi connectivity index (χ0) is 9.94. The molecule has 1 radical (unpaired) electrons. The van der Waals surface area contributed by atoms with Gasteiger partial charge in [-0.1, -0.05) is 40.0 Å². The average Bonchev–Trinajstić information content (AvgIpc) is 2.17. The van der Waals surface area contributed by atoms with Crippen molar-refractivity contribution in [2.24, 2.45) is 0 Å².